The SMILES string of the molecule is CCN1CCC2(CC1)Oc1ccccc1[C@H]1C=C(c3ccc(OC)c(OC)c3)NN12. The molecule has 3 aliphatic rings. The van der Waals surface area contributed by atoms with Crippen LogP contribution in [0.4, 0.5) is 0 Å². The van der Waals surface area contributed by atoms with E-state index in [2.05, 4.69) is 58.7 Å². The minimum absolute atomic E-state index is 0.131. The van der Waals surface area contributed by atoms with Crippen LogP contribution in [0, 0.1) is 0 Å². The van der Waals surface area contributed by atoms with Crippen LogP contribution >= 0.6 is 0 Å². The molecule has 1 saturated heterocycles. The highest BCUT2D eigenvalue weighted by Gasteiger charge is 2.51. The standard InChI is InChI=1S/C24H29N3O3/c1-4-26-13-11-24(12-14-26)27-20(18-7-5-6-8-21(18)30-24)16-19(25-27)17-9-10-22(28-2)23(15-17)29-3/h5-10,15-16,20,25H,4,11-14H2,1-3H3/t20-/m1/s1. The van der Waals surface area contributed by atoms with Crippen molar-refractivity contribution < 1.29 is 14.2 Å². The Hall–Kier alpha value is -2.70. The minimum atomic E-state index is -0.348. The summed E-state index contributed by atoms with van der Waals surface area (Å²) in [6.45, 7) is 5.38. The Morgan fingerprint density at radius 3 is 2.57 bits per heavy atom. The largest absolute Gasteiger partial charge is 0.493 e. The van der Waals surface area contributed by atoms with Crippen molar-refractivity contribution in [3.63, 3.8) is 0 Å². The lowest BCUT2D eigenvalue weighted by Gasteiger charge is -2.51. The van der Waals surface area contributed by atoms with E-state index in [0.717, 1.165) is 61.0 Å². The maximum atomic E-state index is 6.69. The average Bonchev–Trinajstić information content (AvgIpc) is 3.26. The number of fused-ring (bicyclic) bond motifs is 4. The number of hydrazine groups is 1. The third-order valence-corrected chi connectivity index (χ3v) is 6.60. The van der Waals surface area contributed by atoms with Gasteiger partial charge < -0.3 is 24.5 Å². The summed E-state index contributed by atoms with van der Waals surface area (Å²) in [6.07, 6.45) is 4.23. The molecule has 1 atom stereocenters. The molecule has 6 heteroatoms. The van der Waals surface area contributed by atoms with Crippen LogP contribution in [-0.4, -0.2) is 49.5 Å². The first kappa shape index (κ1) is 19.3. The Bertz CT molecular complexity index is 966. The Morgan fingerprint density at radius 1 is 1.07 bits per heavy atom. The molecule has 0 saturated carbocycles. The summed E-state index contributed by atoms with van der Waals surface area (Å²) in [7, 11) is 3.33. The van der Waals surface area contributed by atoms with Gasteiger partial charge in [-0.25, -0.2) is 0 Å². The van der Waals surface area contributed by atoms with Crippen LogP contribution in [0.5, 0.6) is 17.2 Å². The summed E-state index contributed by atoms with van der Waals surface area (Å²) in [6, 6.07) is 14.6. The Labute approximate surface area is 178 Å². The molecule has 30 heavy (non-hydrogen) atoms. The second kappa shape index (κ2) is 7.52. The molecule has 0 radical (unpaired) electrons. The van der Waals surface area contributed by atoms with Crippen molar-refractivity contribution in [2.24, 2.45) is 0 Å². The van der Waals surface area contributed by atoms with Crippen LogP contribution in [-0.2, 0) is 0 Å². The van der Waals surface area contributed by atoms with E-state index >= 15 is 0 Å². The zero-order valence-electron chi connectivity index (χ0n) is 17.9. The highest BCUT2D eigenvalue weighted by atomic mass is 16.5. The summed E-state index contributed by atoms with van der Waals surface area (Å²) < 4.78 is 17.6. The average molecular weight is 408 g/mol. The molecule has 6 nitrogen and oxygen atoms in total. The Balaban J connectivity index is 1.52. The molecule has 0 aromatic heterocycles. The van der Waals surface area contributed by atoms with E-state index in [9.17, 15) is 0 Å². The lowest BCUT2D eigenvalue weighted by Crippen LogP contribution is -2.63. The molecule has 3 heterocycles. The van der Waals surface area contributed by atoms with Crippen molar-refractivity contribution in [1.29, 1.82) is 0 Å². The van der Waals surface area contributed by atoms with Gasteiger partial charge in [-0.05, 0) is 36.9 Å². The van der Waals surface area contributed by atoms with Gasteiger partial charge in [0, 0.05) is 37.1 Å². The highest BCUT2D eigenvalue weighted by Crippen LogP contribution is 2.48. The van der Waals surface area contributed by atoms with E-state index in [1.807, 2.05) is 12.1 Å². The summed E-state index contributed by atoms with van der Waals surface area (Å²) in [5, 5.41) is 2.33. The molecular formula is C24H29N3O3. The van der Waals surface area contributed by atoms with Gasteiger partial charge in [0.15, 0.2) is 17.2 Å². The molecule has 2 aromatic carbocycles. The van der Waals surface area contributed by atoms with Crippen LogP contribution in [0.15, 0.2) is 48.5 Å². The van der Waals surface area contributed by atoms with Gasteiger partial charge in [0.1, 0.15) is 5.75 Å². The number of nitrogens with one attached hydrogen (secondary N) is 1. The van der Waals surface area contributed by atoms with E-state index in [0.29, 0.717) is 0 Å². The predicted octanol–water partition coefficient (Wildman–Crippen LogP) is 3.81. The van der Waals surface area contributed by atoms with Gasteiger partial charge in [0.2, 0.25) is 0 Å². The number of para-hydroxylation sites is 1. The van der Waals surface area contributed by atoms with Gasteiger partial charge in [0.25, 0.3) is 0 Å². The van der Waals surface area contributed by atoms with E-state index in [1.54, 1.807) is 14.2 Å². The third kappa shape index (κ3) is 3.02. The monoisotopic (exact) mass is 407 g/mol. The number of benzene rings is 2. The van der Waals surface area contributed by atoms with E-state index in [1.165, 1.54) is 5.56 Å². The summed E-state index contributed by atoms with van der Waals surface area (Å²) in [5.41, 5.74) is 6.68. The van der Waals surface area contributed by atoms with Gasteiger partial charge >= 0.3 is 0 Å². The molecule has 0 unspecified atom stereocenters. The van der Waals surface area contributed by atoms with Crippen molar-refractivity contribution >= 4 is 5.70 Å². The number of rotatable bonds is 4. The topological polar surface area (TPSA) is 46.2 Å². The van der Waals surface area contributed by atoms with Crippen molar-refractivity contribution in [3.8, 4) is 17.2 Å². The Morgan fingerprint density at radius 2 is 1.83 bits per heavy atom. The molecule has 0 amide bonds. The summed E-state index contributed by atoms with van der Waals surface area (Å²) in [4.78, 5) is 2.49. The Kier molecular flexibility index (Phi) is 4.83. The van der Waals surface area contributed by atoms with Gasteiger partial charge in [-0.15, -0.1) is 0 Å². The van der Waals surface area contributed by atoms with Gasteiger partial charge in [-0.2, -0.15) is 5.01 Å². The number of hydrogen-bond donors (Lipinski definition) is 1. The fourth-order valence-electron chi connectivity index (χ4n) is 4.85. The fourth-order valence-corrected chi connectivity index (χ4v) is 4.85. The molecule has 1 fully saturated rings. The smallest absolute Gasteiger partial charge is 0.182 e. The number of methoxy groups -OCH3 is 2. The number of hydrogen-bond acceptors (Lipinski definition) is 6. The lowest BCUT2D eigenvalue weighted by molar-refractivity contribution is -0.159. The third-order valence-electron chi connectivity index (χ3n) is 6.60. The number of piperidine rings is 1. The zero-order chi connectivity index (χ0) is 20.7. The maximum absolute atomic E-state index is 6.69. The molecule has 158 valence electrons. The lowest BCUT2D eigenvalue weighted by atomic mass is 9.93. The highest BCUT2D eigenvalue weighted by molar-refractivity contribution is 5.70. The van der Waals surface area contributed by atoms with E-state index in [4.69, 9.17) is 14.2 Å². The molecule has 1 N–H and O–H groups in total. The quantitative estimate of drug-likeness (QED) is 0.832. The predicted molar refractivity (Wildman–Crippen MR) is 116 cm³/mol. The maximum Gasteiger partial charge on any atom is 0.182 e. The summed E-state index contributed by atoms with van der Waals surface area (Å²) >= 11 is 0. The zero-order valence-corrected chi connectivity index (χ0v) is 17.9. The van der Waals surface area contributed by atoms with Crippen LogP contribution in [0.2, 0.25) is 0 Å². The van der Waals surface area contributed by atoms with Gasteiger partial charge in [-0.3, -0.25) is 0 Å². The van der Waals surface area contributed by atoms with Crippen LogP contribution in [0.3, 0.4) is 0 Å². The number of ether oxygens (including phenoxy) is 3. The van der Waals surface area contributed by atoms with E-state index in [-0.39, 0.29) is 11.8 Å². The van der Waals surface area contributed by atoms with Gasteiger partial charge in [-0.1, -0.05) is 25.1 Å². The molecule has 3 aliphatic heterocycles. The van der Waals surface area contributed by atoms with Crippen LogP contribution in [0.25, 0.3) is 5.70 Å². The van der Waals surface area contributed by atoms with Crippen molar-refractivity contribution in [1.82, 2.24) is 15.3 Å². The molecule has 0 aliphatic carbocycles. The summed E-state index contributed by atoms with van der Waals surface area (Å²) in [5.74, 6) is 2.45. The number of likely N-dealkylation sites (tertiary alicyclic amines) is 1. The van der Waals surface area contributed by atoms with Crippen LogP contribution in [0.1, 0.15) is 36.9 Å². The van der Waals surface area contributed by atoms with Crippen molar-refractivity contribution in [3.05, 3.63) is 59.7 Å². The second-order valence-corrected chi connectivity index (χ2v) is 8.10. The molecule has 0 bridgehead atoms. The molecular weight excluding hydrogens is 378 g/mol. The second-order valence-electron chi connectivity index (χ2n) is 8.10. The molecule has 2 aromatic rings. The van der Waals surface area contributed by atoms with E-state index < -0.39 is 0 Å². The molecule has 1 spiro atoms. The van der Waals surface area contributed by atoms with Crippen LogP contribution < -0.4 is 19.6 Å². The van der Waals surface area contributed by atoms with Crippen molar-refractivity contribution in [2.75, 3.05) is 33.9 Å². The minimum Gasteiger partial charge on any atom is -0.493 e. The first-order valence-corrected chi connectivity index (χ1v) is 10.7. The first-order valence-electron chi connectivity index (χ1n) is 10.7. The fraction of sp³-hybridized carbons (Fsp3) is 0.417. The molecule has 5 rings (SSSR count). The first-order chi connectivity index (χ1) is 14.7. The number of nitrogens with zero attached hydrogens (tertiary/aromatic N) is 2. The van der Waals surface area contributed by atoms with Gasteiger partial charge in [0.05, 0.1) is 26.0 Å². The van der Waals surface area contributed by atoms with Crippen molar-refractivity contribution in [2.45, 2.75) is 31.5 Å². The normalized spacial score (nSPS) is 22.5.